The van der Waals surface area contributed by atoms with Crippen molar-refractivity contribution in [2.45, 2.75) is 48.9 Å². The first-order chi connectivity index (χ1) is 13.7. The lowest BCUT2D eigenvalue weighted by Gasteiger charge is -2.42. The molecule has 158 valence electrons. The largest absolute Gasteiger partial charge is 0.393 e. The summed E-state index contributed by atoms with van der Waals surface area (Å²) in [7, 11) is 0. The van der Waals surface area contributed by atoms with Crippen molar-refractivity contribution in [3.63, 3.8) is 0 Å². The number of ketones is 1. The Morgan fingerprint density at radius 3 is 2.55 bits per heavy atom. The maximum atomic E-state index is 13.6. The molecule has 0 aromatic carbocycles. The van der Waals surface area contributed by atoms with E-state index in [2.05, 4.69) is 0 Å². The Morgan fingerprint density at radius 2 is 2.00 bits per heavy atom. The maximum absolute atomic E-state index is 13.6. The lowest BCUT2D eigenvalue weighted by molar-refractivity contribution is -0.814. The second-order valence-corrected chi connectivity index (χ2v) is 7.80. The van der Waals surface area contributed by atoms with Gasteiger partial charge in [0.25, 0.3) is 5.06 Å². The van der Waals surface area contributed by atoms with Gasteiger partial charge < -0.3 is 14.9 Å². The molecule has 0 aliphatic heterocycles. The van der Waals surface area contributed by atoms with Crippen LogP contribution in [-0.4, -0.2) is 46.5 Å². The predicted molar refractivity (Wildman–Crippen MR) is 99.1 cm³/mol. The molecule has 1 fully saturated rings. The number of hydrogen-bond acceptors (Lipinski definition) is 5. The van der Waals surface area contributed by atoms with Gasteiger partial charge in [0.15, 0.2) is 18.2 Å². The van der Waals surface area contributed by atoms with Crippen LogP contribution in [0.5, 0.6) is 0 Å². The van der Waals surface area contributed by atoms with Crippen molar-refractivity contribution in [2.75, 3.05) is 6.61 Å². The zero-order valence-electron chi connectivity index (χ0n) is 15.2. The smallest absolute Gasteiger partial charge is 0.362 e. The highest BCUT2D eigenvalue weighted by Crippen LogP contribution is 2.49. The molecule has 1 aromatic rings. The Bertz CT molecular complexity index is 822. The molecule has 1 heterocycles. The van der Waals surface area contributed by atoms with E-state index in [4.69, 9.17) is 32.7 Å². The van der Waals surface area contributed by atoms with E-state index in [0.29, 0.717) is 12.8 Å². The number of carbonyl (C=O) groups is 1. The van der Waals surface area contributed by atoms with Crippen molar-refractivity contribution in [2.24, 2.45) is 0 Å². The summed E-state index contributed by atoms with van der Waals surface area (Å²) >= 11 is 13.2. The van der Waals surface area contributed by atoms with Crippen molar-refractivity contribution in [1.29, 1.82) is 0 Å². The number of halogens is 4. The summed E-state index contributed by atoms with van der Waals surface area (Å²) in [6.45, 7) is -4.12. The maximum Gasteiger partial charge on any atom is 0.362 e. The Hall–Kier alpha value is -1.42. The second kappa shape index (κ2) is 8.75. The highest BCUT2D eigenvalue weighted by atomic mass is 35.5. The van der Waals surface area contributed by atoms with Crippen LogP contribution in [0, 0.1) is 0 Å². The molecule has 0 radical (unpaired) electrons. The van der Waals surface area contributed by atoms with Gasteiger partial charge in [0.05, 0.1) is 12.2 Å². The summed E-state index contributed by atoms with van der Waals surface area (Å²) in [5.41, 5.74) is -2.34. The topological polar surface area (TPSA) is 79.9 Å². The molecule has 10 heteroatoms. The van der Waals surface area contributed by atoms with Crippen LogP contribution in [0.2, 0.25) is 0 Å². The number of ether oxygens (including phenoxy) is 2. The molecule has 2 unspecified atom stereocenters. The van der Waals surface area contributed by atoms with Gasteiger partial charge in [-0.05, 0) is 31.4 Å². The minimum absolute atomic E-state index is 0.101. The van der Waals surface area contributed by atoms with Gasteiger partial charge in [0, 0.05) is 17.7 Å². The highest BCUT2D eigenvalue weighted by molar-refractivity contribution is 6.34. The van der Waals surface area contributed by atoms with Gasteiger partial charge in [-0.1, -0.05) is 29.3 Å². The molecule has 0 bridgehead atoms. The number of alkyl halides is 3. The Morgan fingerprint density at radius 1 is 1.31 bits per heavy atom. The van der Waals surface area contributed by atoms with Gasteiger partial charge in [-0.25, -0.2) is 4.74 Å². The van der Waals surface area contributed by atoms with E-state index in [1.807, 2.05) is 0 Å². The zero-order chi connectivity index (χ0) is 21.2. The molecule has 0 saturated heterocycles. The van der Waals surface area contributed by atoms with Crippen molar-refractivity contribution in [1.82, 2.24) is 0 Å². The number of aliphatic hydroxyl groups excluding tert-OH is 2. The summed E-state index contributed by atoms with van der Waals surface area (Å²) in [5, 5.41) is 16.5. The van der Waals surface area contributed by atoms with Crippen molar-refractivity contribution >= 4 is 29.0 Å². The molecular formula is C19H20Cl2F2NO5+. The quantitative estimate of drug-likeness (QED) is 0.492. The standard InChI is InChI=1S/C19H20Cl2F2NO5/c20-16-8-12(15(27)11-25)10-18(21,28-14-5-4-13(26)9-14)19(16,29-17(22)23)24-6-2-1-3-7-24/h1-3,6-8,10,13-14,17,25-26H,4-5,9,11H2/q+1/t13-,14+,18?,19?/m0/s1. The molecular weight excluding hydrogens is 431 g/mol. The summed E-state index contributed by atoms with van der Waals surface area (Å²) < 4.78 is 39.3. The van der Waals surface area contributed by atoms with Crippen LogP contribution in [0.15, 0.2) is 53.4 Å². The van der Waals surface area contributed by atoms with Crippen molar-refractivity contribution < 1.29 is 37.8 Å². The number of carbonyl (C=O) groups excluding carboxylic acids is 1. The van der Waals surface area contributed by atoms with Crippen LogP contribution in [0.1, 0.15) is 19.3 Å². The number of hydrogen-bond donors (Lipinski definition) is 2. The minimum atomic E-state index is -3.29. The average molecular weight is 451 g/mol. The third-order valence-electron chi connectivity index (χ3n) is 4.91. The highest BCUT2D eigenvalue weighted by Gasteiger charge is 2.67. The van der Waals surface area contributed by atoms with E-state index in [1.54, 1.807) is 18.2 Å². The Labute approximate surface area is 175 Å². The number of Topliss-reactive ketones (excluding diaryl/α,β-unsaturated/α-hetero) is 1. The van der Waals surface area contributed by atoms with Gasteiger partial charge in [0.2, 0.25) is 0 Å². The predicted octanol–water partition coefficient (Wildman–Crippen LogP) is 2.36. The van der Waals surface area contributed by atoms with Gasteiger partial charge in [0.1, 0.15) is 11.6 Å². The van der Waals surface area contributed by atoms with E-state index in [0.717, 1.165) is 12.2 Å². The van der Waals surface area contributed by atoms with Crippen LogP contribution >= 0.6 is 23.2 Å². The van der Waals surface area contributed by atoms with Crippen molar-refractivity contribution in [3.8, 4) is 0 Å². The van der Waals surface area contributed by atoms with E-state index in [9.17, 15) is 23.8 Å². The zero-order valence-corrected chi connectivity index (χ0v) is 16.7. The molecule has 1 saturated carbocycles. The number of nitrogens with zero attached hydrogens (tertiary/aromatic N) is 1. The Kier molecular flexibility index (Phi) is 6.72. The molecule has 0 amide bonds. The van der Waals surface area contributed by atoms with Gasteiger partial charge in [-0.3, -0.25) is 4.79 Å². The molecule has 1 aromatic heterocycles. The van der Waals surface area contributed by atoms with Crippen LogP contribution in [0.4, 0.5) is 8.78 Å². The van der Waals surface area contributed by atoms with E-state index in [-0.39, 0.29) is 17.0 Å². The number of allylic oxidation sites excluding steroid dienone is 1. The van der Waals surface area contributed by atoms with Gasteiger partial charge in [-0.15, -0.1) is 0 Å². The Balaban J connectivity index is 2.18. The van der Waals surface area contributed by atoms with E-state index in [1.165, 1.54) is 17.0 Å². The van der Waals surface area contributed by atoms with Gasteiger partial charge >= 0.3 is 12.3 Å². The molecule has 0 spiro atoms. The van der Waals surface area contributed by atoms with Crippen molar-refractivity contribution in [3.05, 3.63) is 53.4 Å². The minimum Gasteiger partial charge on any atom is -0.393 e. The lowest BCUT2D eigenvalue weighted by Crippen LogP contribution is -2.70. The summed E-state index contributed by atoms with van der Waals surface area (Å²) in [4.78, 5) is 12.1. The number of aliphatic hydroxyl groups is 2. The van der Waals surface area contributed by atoms with Crippen LogP contribution in [0.3, 0.4) is 0 Å². The third kappa shape index (κ3) is 4.23. The molecule has 4 atom stereocenters. The van der Waals surface area contributed by atoms with E-state index < -0.39 is 42.0 Å². The first-order valence-corrected chi connectivity index (χ1v) is 9.69. The third-order valence-corrected chi connectivity index (χ3v) is 5.73. The summed E-state index contributed by atoms with van der Waals surface area (Å²) in [6, 6.07) is 4.79. The second-order valence-electron chi connectivity index (χ2n) is 6.83. The molecule has 2 N–H and O–H groups in total. The fourth-order valence-electron chi connectivity index (χ4n) is 3.60. The first-order valence-electron chi connectivity index (χ1n) is 8.94. The normalized spacial score (nSPS) is 32.2. The fourth-order valence-corrected chi connectivity index (χ4v) is 4.54. The van der Waals surface area contributed by atoms with Crippen LogP contribution in [-0.2, 0) is 20.0 Å². The molecule has 29 heavy (non-hydrogen) atoms. The molecule has 2 aliphatic carbocycles. The summed E-state index contributed by atoms with van der Waals surface area (Å²) in [6.07, 6.45) is 5.00. The number of rotatable bonds is 7. The van der Waals surface area contributed by atoms with Gasteiger partial charge in [-0.2, -0.15) is 13.3 Å². The van der Waals surface area contributed by atoms with Crippen LogP contribution in [0.25, 0.3) is 0 Å². The molecule has 3 rings (SSSR count). The monoisotopic (exact) mass is 450 g/mol. The lowest BCUT2D eigenvalue weighted by atomic mass is 9.92. The molecule has 6 nitrogen and oxygen atoms in total. The SMILES string of the molecule is O=C(CO)C1=CC(Cl)(O[C@@H]2CC[C@H](O)C2)C(OC(F)F)([n+]2ccccc2)C(Cl)=C1. The summed E-state index contributed by atoms with van der Waals surface area (Å²) in [5.74, 6) is -0.716. The molecule has 2 aliphatic rings. The average Bonchev–Trinajstić information content (AvgIpc) is 3.08. The number of aromatic nitrogens is 1. The van der Waals surface area contributed by atoms with E-state index >= 15 is 0 Å². The van der Waals surface area contributed by atoms with Crippen LogP contribution < -0.4 is 4.57 Å². The number of pyridine rings is 1. The fraction of sp³-hybridized carbons (Fsp3) is 0.474. The first kappa shape index (κ1) is 22.3.